The first kappa shape index (κ1) is 21.3. The smallest absolute Gasteiger partial charge is 0.000133 e. The summed E-state index contributed by atoms with van der Waals surface area (Å²) >= 11 is 0. The molecule has 1 heteroatoms. The summed E-state index contributed by atoms with van der Waals surface area (Å²) in [6, 6.07) is 0. The Hall–Kier alpha value is -0.0400. The van der Waals surface area contributed by atoms with Crippen molar-refractivity contribution in [1.29, 1.82) is 0 Å². The van der Waals surface area contributed by atoms with Gasteiger partial charge in [0.15, 0.2) is 0 Å². The van der Waals surface area contributed by atoms with Gasteiger partial charge in [-0.05, 0) is 25.9 Å². The van der Waals surface area contributed by atoms with Crippen LogP contribution in [0.3, 0.4) is 0 Å². The van der Waals surface area contributed by atoms with Gasteiger partial charge in [0.1, 0.15) is 0 Å². The van der Waals surface area contributed by atoms with Gasteiger partial charge in [0.05, 0.1) is 0 Å². The fourth-order valence-corrected chi connectivity index (χ4v) is 2.41. The minimum absolute atomic E-state index is 0.804. The van der Waals surface area contributed by atoms with Crippen molar-refractivity contribution in [1.82, 2.24) is 4.90 Å². The molecule has 0 unspecified atom stereocenters. The molecule has 0 saturated carbocycles. The van der Waals surface area contributed by atoms with Crippen molar-refractivity contribution in [2.24, 2.45) is 5.92 Å². The number of rotatable bonds is 12. The predicted molar refractivity (Wildman–Crippen MR) is 90.9 cm³/mol. The van der Waals surface area contributed by atoms with Crippen LogP contribution in [0.4, 0.5) is 0 Å². The summed E-state index contributed by atoms with van der Waals surface area (Å²) in [6.07, 6.45) is 12.9. The molecule has 0 amide bonds. The minimum atomic E-state index is 0.804. The van der Waals surface area contributed by atoms with Gasteiger partial charge >= 0.3 is 0 Å². The molecule has 0 saturated heterocycles. The van der Waals surface area contributed by atoms with Crippen LogP contribution in [-0.4, -0.2) is 25.0 Å². The zero-order valence-electron chi connectivity index (χ0n) is 14.8. The molecule has 0 heterocycles. The van der Waals surface area contributed by atoms with Gasteiger partial charge in [0.2, 0.25) is 0 Å². The normalized spacial score (nSPS) is 10.7. The van der Waals surface area contributed by atoms with Crippen molar-refractivity contribution >= 4 is 0 Å². The fourth-order valence-electron chi connectivity index (χ4n) is 2.41. The Morgan fingerprint density at radius 3 is 1.58 bits per heavy atom. The molecule has 0 spiro atoms. The van der Waals surface area contributed by atoms with Gasteiger partial charge in [0, 0.05) is 6.54 Å². The third kappa shape index (κ3) is 20.4. The molecule has 0 radical (unpaired) electrons. The van der Waals surface area contributed by atoms with E-state index in [1.165, 1.54) is 70.9 Å². The lowest BCUT2D eigenvalue weighted by Crippen LogP contribution is -2.24. The summed E-state index contributed by atoms with van der Waals surface area (Å²) in [6.45, 7) is 13.4. The SMILES string of the molecule is CC.CCCCCCCCCCCN(C)CC(C)C. The van der Waals surface area contributed by atoms with Gasteiger partial charge in [-0.15, -0.1) is 0 Å². The molecule has 1 nitrogen and oxygen atoms in total. The molecule has 0 aromatic heterocycles. The molecular weight excluding hydrogens is 230 g/mol. The van der Waals surface area contributed by atoms with Crippen LogP contribution in [0.1, 0.15) is 92.4 Å². The van der Waals surface area contributed by atoms with Crippen LogP contribution in [0.15, 0.2) is 0 Å². The highest BCUT2D eigenvalue weighted by molar-refractivity contribution is 4.55. The molecule has 0 bridgehead atoms. The molecule has 0 aliphatic heterocycles. The Balaban J connectivity index is 0. The summed E-state index contributed by atoms with van der Waals surface area (Å²) in [5.74, 6) is 0.804. The molecule has 0 fully saturated rings. The first-order valence-corrected chi connectivity index (χ1v) is 8.85. The molecule has 0 aromatic carbocycles. The third-order valence-electron chi connectivity index (χ3n) is 3.32. The Kier molecular flexibility index (Phi) is 20.1. The molecule has 0 aliphatic carbocycles. The summed E-state index contributed by atoms with van der Waals surface area (Å²) in [4.78, 5) is 2.48. The maximum atomic E-state index is 2.48. The summed E-state index contributed by atoms with van der Waals surface area (Å²) in [5, 5.41) is 0. The van der Waals surface area contributed by atoms with Crippen molar-refractivity contribution in [3.63, 3.8) is 0 Å². The molecule has 0 rings (SSSR count). The van der Waals surface area contributed by atoms with E-state index in [0.717, 1.165) is 5.92 Å². The lowest BCUT2D eigenvalue weighted by molar-refractivity contribution is 0.288. The Morgan fingerprint density at radius 1 is 0.737 bits per heavy atom. The van der Waals surface area contributed by atoms with Crippen LogP contribution in [0, 0.1) is 5.92 Å². The first-order valence-electron chi connectivity index (χ1n) is 8.85. The predicted octanol–water partition coefficient (Wildman–Crippen LogP) is 6.13. The van der Waals surface area contributed by atoms with Crippen LogP contribution in [0.25, 0.3) is 0 Å². The van der Waals surface area contributed by atoms with E-state index in [0.29, 0.717) is 0 Å². The first-order chi connectivity index (χ1) is 9.16. The zero-order valence-corrected chi connectivity index (χ0v) is 14.8. The molecule has 0 atom stereocenters. The minimum Gasteiger partial charge on any atom is -0.306 e. The molecular formula is C18H41N. The quantitative estimate of drug-likeness (QED) is 0.386. The third-order valence-corrected chi connectivity index (χ3v) is 3.32. The van der Waals surface area contributed by atoms with Crippen LogP contribution >= 0.6 is 0 Å². The molecule has 0 aromatic rings. The molecule has 118 valence electrons. The number of hydrogen-bond acceptors (Lipinski definition) is 1. The van der Waals surface area contributed by atoms with Gasteiger partial charge in [-0.3, -0.25) is 0 Å². The zero-order chi connectivity index (χ0) is 14.9. The van der Waals surface area contributed by atoms with Crippen LogP contribution in [0.2, 0.25) is 0 Å². The number of hydrogen-bond donors (Lipinski definition) is 0. The second-order valence-electron chi connectivity index (χ2n) is 5.98. The maximum Gasteiger partial charge on any atom is 0.000133 e. The van der Waals surface area contributed by atoms with Gasteiger partial charge < -0.3 is 4.90 Å². The standard InChI is InChI=1S/C16H35N.C2H6/c1-5-6-7-8-9-10-11-12-13-14-17(4)15-16(2)3;1-2/h16H,5-15H2,1-4H3;1-2H3. The second-order valence-corrected chi connectivity index (χ2v) is 5.98. The molecule has 19 heavy (non-hydrogen) atoms. The van der Waals surface area contributed by atoms with Crippen molar-refractivity contribution < 1.29 is 0 Å². The number of unbranched alkanes of at least 4 members (excludes halogenated alkanes) is 8. The number of nitrogens with zero attached hydrogens (tertiary/aromatic N) is 1. The lowest BCUT2D eigenvalue weighted by Gasteiger charge is -2.18. The van der Waals surface area contributed by atoms with Gasteiger partial charge in [-0.25, -0.2) is 0 Å². The van der Waals surface area contributed by atoms with Crippen molar-refractivity contribution in [2.45, 2.75) is 92.4 Å². The van der Waals surface area contributed by atoms with E-state index in [4.69, 9.17) is 0 Å². The molecule has 0 N–H and O–H groups in total. The van der Waals surface area contributed by atoms with E-state index >= 15 is 0 Å². The average Bonchev–Trinajstić information content (AvgIpc) is 2.38. The van der Waals surface area contributed by atoms with E-state index in [-0.39, 0.29) is 0 Å². The van der Waals surface area contributed by atoms with E-state index in [9.17, 15) is 0 Å². The van der Waals surface area contributed by atoms with E-state index in [1.807, 2.05) is 13.8 Å². The lowest BCUT2D eigenvalue weighted by atomic mass is 10.1. The van der Waals surface area contributed by atoms with Crippen LogP contribution in [0.5, 0.6) is 0 Å². The van der Waals surface area contributed by atoms with E-state index in [2.05, 4.69) is 32.7 Å². The van der Waals surface area contributed by atoms with E-state index in [1.54, 1.807) is 0 Å². The summed E-state index contributed by atoms with van der Waals surface area (Å²) in [5.41, 5.74) is 0. The van der Waals surface area contributed by atoms with Gasteiger partial charge in [-0.2, -0.15) is 0 Å². The monoisotopic (exact) mass is 271 g/mol. The van der Waals surface area contributed by atoms with E-state index < -0.39 is 0 Å². The highest BCUT2D eigenvalue weighted by Gasteiger charge is 2.00. The average molecular weight is 272 g/mol. The maximum absolute atomic E-state index is 2.48. The van der Waals surface area contributed by atoms with Gasteiger partial charge in [-0.1, -0.05) is 86.0 Å². The summed E-state index contributed by atoms with van der Waals surface area (Å²) in [7, 11) is 2.25. The highest BCUT2D eigenvalue weighted by atomic mass is 15.1. The van der Waals surface area contributed by atoms with Gasteiger partial charge in [0.25, 0.3) is 0 Å². The second kappa shape index (κ2) is 18.0. The van der Waals surface area contributed by atoms with Crippen molar-refractivity contribution in [2.75, 3.05) is 20.1 Å². The molecule has 0 aliphatic rings. The van der Waals surface area contributed by atoms with Crippen molar-refractivity contribution in [3.05, 3.63) is 0 Å². The van der Waals surface area contributed by atoms with Crippen molar-refractivity contribution in [3.8, 4) is 0 Å². The topological polar surface area (TPSA) is 3.24 Å². The van der Waals surface area contributed by atoms with Crippen LogP contribution < -0.4 is 0 Å². The Morgan fingerprint density at radius 2 is 1.16 bits per heavy atom. The largest absolute Gasteiger partial charge is 0.306 e. The van der Waals surface area contributed by atoms with Crippen LogP contribution in [-0.2, 0) is 0 Å². The fraction of sp³-hybridized carbons (Fsp3) is 1.00. The Bertz CT molecular complexity index is 143. The summed E-state index contributed by atoms with van der Waals surface area (Å²) < 4.78 is 0. The Labute approximate surface area is 124 Å². The highest BCUT2D eigenvalue weighted by Crippen LogP contribution is 2.09.